The number of nitrogens with zero attached hydrogens (tertiary/aromatic N) is 2. The number of aliphatic hydroxyl groups excluding tert-OH is 1. The van der Waals surface area contributed by atoms with Gasteiger partial charge in [-0.1, -0.05) is 12.8 Å². The average molecular weight is 268 g/mol. The fraction of sp³-hybridized carbons (Fsp3) is 0.933. The van der Waals surface area contributed by atoms with Gasteiger partial charge < -0.3 is 10.0 Å². The molecule has 0 aromatic rings. The zero-order valence-corrected chi connectivity index (χ0v) is 12.2. The van der Waals surface area contributed by atoms with Gasteiger partial charge in [0.2, 0.25) is 5.91 Å². The molecule has 1 saturated carbocycles. The van der Waals surface area contributed by atoms with E-state index < -0.39 is 0 Å². The summed E-state index contributed by atoms with van der Waals surface area (Å²) in [6.07, 6.45) is 7.79. The van der Waals surface area contributed by atoms with E-state index in [4.69, 9.17) is 0 Å². The van der Waals surface area contributed by atoms with Crippen molar-refractivity contribution in [3.8, 4) is 0 Å². The largest absolute Gasteiger partial charge is 0.393 e. The summed E-state index contributed by atoms with van der Waals surface area (Å²) in [5, 5.41) is 9.98. The lowest BCUT2D eigenvalue weighted by molar-refractivity contribution is -0.133. The van der Waals surface area contributed by atoms with Crippen molar-refractivity contribution < 1.29 is 9.90 Å². The molecule has 2 unspecified atom stereocenters. The minimum Gasteiger partial charge on any atom is -0.393 e. The Hall–Kier alpha value is -0.610. The normalized spacial score (nSPS) is 28.7. The first-order chi connectivity index (χ1) is 9.16. The summed E-state index contributed by atoms with van der Waals surface area (Å²) in [5.74, 6) is 0.611. The Morgan fingerprint density at radius 2 is 1.84 bits per heavy atom. The number of amides is 1. The van der Waals surface area contributed by atoms with Crippen molar-refractivity contribution in [2.75, 3.05) is 33.2 Å². The molecule has 2 fully saturated rings. The lowest BCUT2D eigenvalue weighted by Crippen LogP contribution is -2.44. The van der Waals surface area contributed by atoms with Crippen molar-refractivity contribution in [2.45, 2.75) is 51.0 Å². The highest BCUT2D eigenvalue weighted by molar-refractivity contribution is 5.78. The van der Waals surface area contributed by atoms with Crippen LogP contribution in [0.25, 0.3) is 0 Å². The molecule has 1 aliphatic carbocycles. The highest BCUT2D eigenvalue weighted by Gasteiger charge is 2.25. The van der Waals surface area contributed by atoms with Crippen molar-refractivity contribution in [1.82, 2.24) is 9.80 Å². The predicted octanol–water partition coefficient (Wildman–Crippen LogP) is 1.48. The van der Waals surface area contributed by atoms with E-state index in [1.165, 1.54) is 12.8 Å². The molecule has 2 aliphatic rings. The van der Waals surface area contributed by atoms with Gasteiger partial charge in [-0.05, 0) is 45.1 Å². The van der Waals surface area contributed by atoms with Gasteiger partial charge >= 0.3 is 0 Å². The molecule has 19 heavy (non-hydrogen) atoms. The molecule has 0 radical (unpaired) electrons. The average Bonchev–Trinajstić information content (AvgIpc) is 2.42. The third-order valence-corrected chi connectivity index (χ3v) is 4.53. The number of hydrogen-bond donors (Lipinski definition) is 1. The van der Waals surface area contributed by atoms with Crippen LogP contribution in [-0.4, -0.2) is 60.1 Å². The van der Waals surface area contributed by atoms with E-state index in [1.807, 2.05) is 11.9 Å². The smallest absolute Gasteiger partial charge is 0.236 e. The number of likely N-dealkylation sites (tertiary alicyclic amines) is 1. The molecule has 110 valence electrons. The van der Waals surface area contributed by atoms with Crippen LogP contribution in [0, 0.1) is 5.92 Å². The van der Waals surface area contributed by atoms with Gasteiger partial charge in [0.25, 0.3) is 0 Å². The highest BCUT2D eigenvalue weighted by atomic mass is 16.3. The Morgan fingerprint density at radius 1 is 1.16 bits per heavy atom. The number of carbonyl (C=O) groups excluding carboxylic acids is 1. The first-order valence-corrected chi connectivity index (χ1v) is 7.81. The predicted molar refractivity (Wildman–Crippen MR) is 75.9 cm³/mol. The quantitative estimate of drug-likeness (QED) is 0.840. The Balaban J connectivity index is 1.73. The Kier molecular flexibility index (Phi) is 5.64. The molecule has 1 N–H and O–H groups in total. The molecule has 1 heterocycles. The van der Waals surface area contributed by atoms with Crippen LogP contribution in [0.4, 0.5) is 0 Å². The van der Waals surface area contributed by atoms with Crippen molar-refractivity contribution in [2.24, 2.45) is 5.92 Å². The summed E-state index contributed by atoms with van der Waals surface area (Å²) in [6, 6.07) is 0. The lowest BCUT2D eigenvalue weighted by atomic mass is 9.86. The van der Waals surface area contributed by atoms with Gasteiger partial charge in [-0.2, -0.15) is 0 Å². The fourth-order valence-corrected chi connectivity index (χ4v) is 3.34. The molecule has 0 bridgehead atoms. The number of likely N-dealkylation sites (N-methyl/N-ethyl adjacent to an activating group) is 1. The number of aliphatic hydroxyl groups is 1. The standard InChI is InChI=1S/C15H28N2O2/c1-16(11-13-7-3-4-8-14(13)18)12-15(19)17-9-5-2-6-10-17/h13-14,18H,2-12H2,1H3. The van der Waals surface area contributed by atoms with E-state index in [-0.39, 0.29) is 12.0 Å². The van der Waals surface area contributed by atoms with Gasteiger partial charge in [0, 0.05) is 19.6 Å². The molecule has 4 nitrogen and oxygen atoms in total. The maximum atomic E-state index is 12.2. The topological polar surface area (TPSA) is 43.8 Å². The molecule has 0 aromatic carbocycles. The van der Waals surface area contributed by atoms with Crippen LogP contribution < -0.4 is 0 Å². The zero-order valence-electron chi connectivity index (χ0n) is 12.2. The van der Waals surface area contributed by atoms with E-state index >= 15 is 0 Å². The number of carbonyl (C=O) groups is 1. The maximum absolute atomic E-state index is 12.2. The van der Waals surface area contributed by atoms with E-state index in [2.05, 4.69) is 4.90 Å². The van der Waals surface area contributed by atoms with Gasteiger partial charge in [0.05, 0.1) is 12.6 Å². The molecule has 1 saturated heterocycles. The Morgan fingerprint density at radius 3 is 2.53 bits per heavy atom. The highest BCUT2D eigenvalue weighted by Crippen LogP contribution is 2.24. The van der Waals surface area contributed by atoms with Crippen LogP contribution in [0.2, 0.25) is 0 Å². The molecule has 1 amide bonds. The van der Waals surface area contributed by atoms with Crippen molar-refractivity contribution in [1.29, 1.82) is 0 Å². The minimum absolute atomic E-state index is 0.165. The summed E-state index contributed by atoms with van der Waals surface area (Å²) in [6.45, 7) is 3.21. The second-order valence-electron chi connectivity index (χ2n) is 6.25. The Bertz CT molecular complexity index is 290. The Labute approximate surface area is 116 Å². The van der Waals surface area contributed by atoms with Crippen LogP contribution in [0.1, 0.15) is 44.9 Å². The summed E-state index contributed by atoms with van der Waals surface area (Å²) >= 11 is 0. The molecular weight excluding hydrogens is 240 g/mol. The van der Waals surface area contributed by atoms with Crippen LogP contribution in [0.5, 0.6) is 0 Å². The molecule has 4 heteroatoms. The number of hydrogen-bond acceptors (Lipinski definition) is 3. The number of rotatable bonds is 4. The summed E-state index contributed by atoms with van der Waals surface area (Å²) < 4.78 is 0. The molecule has 0 aromatic heterocycles. The molecule has 2 atom stereocenters. The van der Waals surface area contributed by atoms with Crippen LogP contribution >= 0.6 is 0 Å². The fourth-order valence-electron chi connectivity index (χ4n) is 3.34. The summed E-state index contributed by atoms with van der Waals surface area (Å²) in [7, 11) is 2.00. The second kappa shape index (κ2) is 7.25. The molecular formula is C15H28N2O2. The van der Waals surface area contributed by atoms with Gasteiger partial charge in [-0.25, -0.2) is 0 Å². The van der Waals surface area contributed by atoms with Gasteiger partial charge in [0.1, 0.15) is 0 Å². The van der Waals surface area contributed by atoms with Gasteiger partial charge in [-0.3, -0.25) is 9.69 Å². The molecule has 0 spiro atoms. The van der Waals surface area contributed by atoms with Crippen molar-refractivity contribution in [3.63, 3.8) is 0 Å². The second-order valence-corrected chi connectivity index (χ2v) is 6.25. The van der Waals surface area contributed by atoms with E-state index in [1.54, 1.807) is 0 Å². The van der Waals surface area contributed by atoms with Crippen LogP contribution in [-0.2, 0) is 4.79 Å². The van der Waals surface area contributed by atoms with E-state index in [0.717, 1.165) is 51.7 Å². The third kappa shape index (κ3) is 4.46. The third-order valence-electron chi connectivity index (χ3n) is 4.53. The van der Waals surface area contributed by atoms with E-state index in [9.17, 15) is 9.90 Å². The number of piperidine rings is 1. The molecule has 1 aliphatic heterocycles. The lowest BCUT2D eigenvalue weighted by Gasteiger charge is -2.33. The summed E-state index contributed by atoms with van der Waals surface area (Å²) in [4.78, 5) is 16.2. The van der Waals surface area contributed by atoms with Gasteiger partial charge in [-0.15, -0.1) is 0 Å². The first-order valence-electron chi connectivity index (χ1n) is 7.81. The molecule has 2 rings (SSSR count). The minimum atomic E-state index is -0.165. The zero-order chi connectivity index (χ0) is 13.7. The van der Waals surface area contributed by atoms with Crippen molar-refractivity contribution in [3.05, 3.63) is 0 Å². The monoisotopic (exact) mass is 268 g/mol. The van der Waals surface area contributed by atoms with E-state index in [0.29, 0.717) is 12.5 Å². The summed E-state index contributed by atoms with van der Waals surface area (Å²) in [5.41, 5.74) is 0. The van der Waals surface area contributed by atoms with Crippen LogP contribution in [0.3, 0.4) is 0 Å². The van der Waals surface area contributed by atoms with Crippen LogP contribution in [0.15, 0.2) is 0 Å². The van der Waals surface area contributed by atoms with Crippen molar-refractivity contribution >= 4 is 5.91 Å². The maximum Gasteiger partial charge on any atom is 0.236 e. The SMILES string of the molecule is CN(CC(=O)N1CCCCC1)CC1CCCCC1O. The van der Waals surface area contributed by atoms with Gasteiger partial charge in [0.15, 0.2) is 0 Å². The first kappa shape index (κ1) is 14.8.